The van der Waals surface area contributed by atoms with Crippen molar-refractivity contribution in [3.8, 4) is 0 Å². The van der Waals surface area contributed by atoms with Gasteiger partial charge in [0.25, 0.3) is 5.92 Å². The second-order valence-corrected chi connectivity index (χ2v) is 3.52. The van der Waals surface area contributed by atoms with Crippen molar-refractivity contribution >= 4 is 5.69 Å². The van der Waals surface area contributed by atoms with Crippen molar-refractivity contribution < 1.29 is 8.78 Å². The highest BCUT2D eigenvalue weighted by molar-refractivity contribution is 5.52. The lowest BCUT2D eigenvalue weighted by molar-refractivity contribution is -0.0120. The standard InChI is InChI=1S/C10H11F2N/c11-10(12)5-4-7-2-1-3-9(13)8(7)6-10/h1-3H,4-6,13H2. The van der Waals surface area contributed by atoms with Crippen LogP contribution in [0.3, 0.4) is 0 Å². The summed E-state index contributed by atoms with van der Waals surface area (Å²) in [7, 11) is 0. The van der Waals surface area contributed by atoms with Crippen LogP contribution in [0.4, 0.5) is 14.5 Å². The molecule has 0 amide bonds. The van der Waals surface area contributed by atoms with Gasteiger partial charge in [0.2, 0.25) is 0 Å². The van der Waals surface area contributed by atoms with Gasteiger partial charge in [-0.2, -0.15) is 0 Å². The average Bonchev–Trinajstić information content (AvgIpc) is 2.06. The fourth-order valence-electron chi connectivity index (χ4n) is 1.77. The van der Waals surface area contributed by atoms with Crippen LogP contribution in [0.5, 0.6) is 0 Å². The Morgan fingerprint density at radius 1 is 1.31 bits per heavy atom. The molecule has 70 valence electrons. The van der Waals surface area contributed by atoms with E-state index in [0.717, 1.165) is 5.56 Å². The molecule has 0 saturated carbocycles. The maximum Gasteiger partial charge on any atom is 0.252 e. The van der Waals surface area contributed by atoms with Gasteiger partial charge in [0.05, 0.1) is 0 Å². The molecule has 0 spiro atoms. The molecule has 1 aliphatic carbocycles. The van der Waals surface area contributed by atoms with E-state index < -0.39 is 5.92 Å². The molecule has 1 aromatic carbocycles. The van der Waals surface area contributed by atoms with Gasteiger partial charge in [0.15, 0.2) is 0 Å². The largest absolute Gasteiger partial charge is 0.398 e. The number of alkyl halides is 2. The molecule has 1 nitrogen and oxygen atoms in total. The first-order valence-electron chi connectivity index (χ1n) is 4.32. The predicted molar refractivity (Wildman–Crippen MR) is 47.8 cm³/mol. The van der Waals surface area contributed by atoms with Gasteiger partial charge in [-0.05, 0) is 23.6 Å². The number of halogens is 2. The Hall–Kier alpha value is -1.12. The number of nitrogen functional groups attached to an aromatic ring is 1. The zero-order chi connectivity index (χ0) is 9.47. The van der Waals surface area contributed by atoms with E-state index in [-0.39, 0.29) is 12.8 Å². The smallest absolute Gasteiger partial charge is 0.252 e. The molecule has 1 aliphatic rings. The third kappa shape index (κ3) is 1.50. The molecule has 0 bridgehead atoms. The van der Waals surface area contributed by atoms with Gasteiger partial charge in [-0.1, -0.05) is 12.1 Å². The predicted octanol–water partition coefficient (Wildman–Crippen LogP) is 2.39. The lowest BCUT2D eigenvalue weighted by Gasteiger charge is -2.25. The number of nitrogens with two attached hydrogens (primary N) is 1. The Bertz CT molecular complexity index is 334. The maximum absolute atomic E-state index is 13.0. The number of benzene rings is 1. The van der Waals surface area contributed by atoms with Crippen LogP contribution in [0, 0.1) is 0 Å². The summed E-state index contributed by atoms with van der Waals surface area (Å²) in [4.78, 5) is 0. The van der Waals surface area contributed by atoms with Crippen LogP contribution in [0.2, 0.25) is 0 Å². The third-order valence-corrected chi connectivity index (χ3v) is 2.50. The van der Waals surface area contributed by atoms with Crippen molar-refractivity contribution in [2.45, 2.75) is 25.2 Å². The number of anilines is 1. The van der Waals surface area contributed by atoms with E-state index in [9.17, 15) is 8.78 Å². The van der Waals surface area contributed by atoms with Gasteiger partial charge in [0.1, 0.15) is 0 Å². The number of fused-ring (bicyclic) bond motifs is 1. The van der Waals surface area contributed by atoms with E-state index in [1.165, 1.54) is 0 Å². The monoisotopic (exact) mass is 183 g/mol. The fraction of sp³-hybridized carbons (Fsp3) is 0.400. The summed E-state index contributed by atoms with van der Waals surface area (Å²) in [6, 6.07) is 5.37. The molecule has 3 heteroatoms. The highest BCUT2D eigenvalue weighted by Crippen LogP contribution is 2.35. The molecule has 0 aliphatic heterocycles. The topological polar surface area (TPSA) is 26.0 Å². The van der Waals surface area contributed by atoms with Crippen LogP contribution >= 0.6 is 0 Å². The second kappa shape index (κ2) is 2.69. The number of hydrogen-bond acceptors (Lipinski definition) is 1. The van der Waals surface area contributed by atoms with Crippen molar-refractivity contribution in [2.24, 2.45) is 0 Å². The summed E-state index contributed by atoms with van der Waals surface area (Å²) in [6.07, 6.45) is 0.186. The molecule has 0 aromatic heterocycles. The van der Waals surface area contributed by atoms with Gasteiger partial charge in [0, 0.05) is 18.5 Å². The molecule has 0 radical (unpaired) electrons. The van der Waals surface area contributed by atoms with Crippen LogP contribution in [0.25, 0.3) is 0 Å². The van der Waals surface area contributed by atoms with E-state index in [4.69, 9.17) is 5.73 Å². The minimum Gasteiger partial charge on any atom is -0.398 e. The minimum atomic E-state index is -2.57. The molecular formula is C10H11F2N. The molecule has 13 heavy (non-hydrogen) atoms. The molecule has 1 aromatic rings. The molecule has 0 unspecified atom stereocenters. The molecule has 0 heterocycles. The molecule has 0 atom stereocenters. The summed E-state index contributed by atoms with van der Waals surface area (Å²) < 4.78 is 26.0. The SMILES string of the molecule is Nc1cccc2c1CC(F)(F)CC2. The first-order chi connectivity index (χ1) is 6.08. The highest BCUT2D eigenvalue weighted by atomic mass is 19.3. The summed E-state index contributed by atoms with van der Waals surface area (Å²) >= 11 is 0. The second-order valence-electron chi connectivity index (χ2n) is 3.52. The number of hydrogen-bond donors (Lipinski definition) is 1. The summed E-state index contributed by atoms with van der Waals surface area (Å²) in [5.41, 5.74) is 7.74. The van der Waals surface area contributed by atoms with Gasteiger partial charge in [-0.3, -0.25) is 0 Å². The first-order valence-corrected chi connectivity index (χ1v) is 4.32. The van der Waals surface area contributed by atoms with Crippen molar-refractivity contribution in [3.05, 3.63) is 29.3 Å². The molecular weight excluding hydrogens is 172 g/mol. The van der Waals surface area contributed by atoms with Gasteiger partial charge >= 0.3 is 0 Å². The molecule has 0 fully saturated rings. The Kier molecular flexibility index (Phi) is 1.75. The van der Waals surface area contributed by atoms with Crippen molar-refractivity contribution in [1.82, 2.24) is 0 Å². The Labute approximate surface area is 75.6 Å². The molecule has 2 rings (SSSR count). The number of aryl methyl sites for hydroxylation is 1. The van der Waals surface area contributed by atoms with E-state index in [1.54, 1.807) is 6.07 Å². The van der Waals surface area contributed by atoms with Crippen LogP contribution in [-0.4, -0.2) is 5.92 Å². The minimum absolute atomic E-state index is 0.0521. The number of rotatable bonds is 0. The van der Waals surface area contributed by atoms with Crippen LogP contribution in [-0.2, 0) is 12.8 Å². The summed E-state index contributed by atoms with van der Waals surface area (Å²) in [5, 5.41) is 0. The van der Waals surface area contributed by atoms with E-state index in [1.807, 2.05) is 12.1 Å². The zero-order valence-corrected chi connectivity index (χ0v) is 7.19. The summed E-state index contributed by atoms with van der Waals surface area (Å²) in [6.45, 7) is 0. The Balaban J connectivity index is 2.44. The van der Waals surface area contributed by atoms with Crippen molar-refractivity contribution in [3.63, 3.8) is 0 Å². The van der Waals surface area contributed by atoms with Crippen LogP contribution in [0.15, 0.2) is 18.2 Å². The quantitative estimate of drug-likeness (QED) is 0.614. The first kappa shape index (κ1) is 8.48. The average molecular weight is 183 g/mol. The lowest BCUT2D eigenvalue weighted by Crippen LogP contribution is -2.26. The Morgan fingerprint density at radius 2 is 2.08 bits per heavy atom. The third-order valence-electron chi connectivity index (χ3n) is 2.50. The van der Waals surface area contributed by atoms with E-state index in [2.05, 4.69) is 0 Å². The van der Waals surface area contributed by atoms with Crippen molar-refractivity contribution in [2.75, 3.05) is 5.73 Å². The van der Waals surface area contributed by atoms with Crippen LogP contribution < -0.4 is 5.73 Å². The lowest BCUT2D eigenvalue weighted by atomic mass is 9.88. The molecule has 2 N–H and O–H groups in total. The maximum atomic E-state index is 13.0. The normalized spacial score (nSPS) is 19.5. The summed E-state index contributed by atoms with van der Waals surface area (Å²) in [5.74, 6) is -2.57. The van der Waals surface area contributed by atoms with Crippen LogP contribution in [0.1, 0.15) is 17.5 Å². The zero-order valence-electron chi connectivity index (χ0n) is 7.19. The Morgan fingerprint density at radius 3 is 2.85 bits per heavy atom. The van der Waals surface area contributed by atoms with Gasteiger partial charge in [-0.25, -0.2) is 8.78 Å². The van der Waals surface area contributed by atoms with E-state index >= 15 is 0 Å². The highest BCUT2D eigenvalue weighted by Gasteiger charge is 2.34. The fourth-order valence-corrected chi connectivity index (χ4v) is 1.77. The van der Waals surface area contributed by atoms with Crippen molar-refractivity contribution in [1.29, 1.82) is 0 Å². The van der Waals surface area contributed by atoms with Gasteiger partial charge < -0.3 is 5.73 Å². The molecule has 0 saturated heterocycles. The van der Waals surface area contributed by atoms with Gasteiger partial charge in [-0.15, -0.1) is 0 Å². The van der Waals surface area contributed by atoms with E-state index in [0.29, 0.717) is 17.7 Å².